The Morgan fingerprint density at radius 2 is 1.94 bits per heavy atom. The first kappa shape index (κ1) is 20.1. The third kappa shape index (κ3) is 3.58. The Bertz CT molecular complexity index is 1350. The molecule has 0 radical (unpaired) electrons. The highest BCUT2D eigenvalue weighted by Gasteiger charge is 2.18. The van der Waals surface area contributed by atoms with Crippen LogP contribution in [0.25, 0.3) is 38.8 Å². The average Bonchev–Trinajstić information content (AvgIpc) is 3.46. The summed E-state index contributed by atoms with van der Waals surface area (Å²) in [4.78, 5) is 10.7. The fourth-order valence-electron chi connectivity index (χ4n) is 4.49. The van der Waals surface area contributed by atoms with Crippen molar-refractivity contribution >= 4 is 33.2 Å². The first-order valence-electron chi connectivity index (χ1n) is 11.2. The quantitative estimate of drug-likeness (QED) is 0.368. The molecule has 162 valence electrons. The molecule has 0 unspecified atom stereocenters. The van der Waals surface area contributed by atoms with Crippen molar-refractivity contribution in [3.63, 3.8) is 0 Å². The van der Waals surface area contributed by atoms with Gasteiger partial charge >= 0.3 is 0 Å². The van der Waals surface area contributed by atoms with Gasteiger partial charge in [-0.25, -0.2) is 4.98 Å². The summed E-state index contributed by atoms with van der Waals surface area (Å²) in [6, 6.07) is 10.5. The van der Waals surface area contributed by atoms with Crippen LogP contribution in [0.4, 0.5) is 5.82 Å². The number of hydrogen-bond acceptors (Lipinski definition) is 4. The number of fused-ring (bicyclic) bond motifs is 2. The average molecular weight is 425 g/mol. The number of hydrogen-bond donors (Lipinski definition) is 3. The summed E-state index contributed by atoms with van der Waals surface area (Å²) in [5, 5.41) is 10.0. The fourth-order valence-corrected chi connectivity index (χ4v) is 4.49. The molecule has 1 saturated heterocycles. The Morgan fingerprint density at radius 3 is 2.72 bits per heavy atom. The van der Waals surface area contributed by atoms with Gasteiger partial charge in [0.15, 0.2) is 0 Å². The number of nitrogens with two attached hydrogens (primary N) is 1. The minimum Gasteiger partial charge on any atom is -0.399 e. The Morgan fingerprint density at radius 1 is 1.09 bits per heavy atom. The van der Waals surface area contributed by atoms with Crippen LogP contribution in [0.2, 0.25) is 0 Å². The molecule has 4 N–H and O–H groups in total. The van der Waals surface area contributed by atoms with Crippen LogP contribution in [0.5, 0.6) is 0 Å². The van der Waals surface area contributed by atoms with Gasteiger partial charge in [-0.1, -0.05) is 18.7 Å². The Balaban J connectivity index is 1.59. The molecule has 4 heterocycles. The summed E-state index contributed by atoms with van der Waals surface area (Å²) < 4.78 is 0. The van der Waals surface area contributed by atoms with Crippen LogP contribution in [-0.4, -0.2) is 33.3 Å². The first-order chi connectivity index (χ1) is 15.7. The molecule has 5 rings (SSSR count). The summed E-state index contributed by atoms with van der Waals surface area (Å²) in [6.07, 6.45) is 11.3. The maximum absolute atomic E-state index is 5.99. The van der Waals surface area contributed by atoms with E-state index in [1.165, 1.54) is 19.3 Å². The molecule has 32 heavy (non-hydrogen) atoms. The fraction of sp³-hybridized carbons (Fsp3) is 0.231. The Labute approximate surface area is 187 Å². The zero-order chi connectivity index (χ0) is 22.1. The predicted octanol–water partition coefficient (Wildman–Crippen LogP) is 5.53. The molecule has 6 heteroatoms. The maximum Gasteiger partial charge on any atom is 0.137 e. The number of piperidine rings is 1. The number of pyridine rings is 1. The van der Waals surface area contributed by atoms with Crippen molar-refractivity contribution in [2.75, 3.05) is 18.0 Å². The molecule has 0 saturated carbocycles. The summed E-state index contributed by atoms with van der Waals surface area (Å²) in [6.45, 7) is 7.89. The van der Waals surface area contributed by atoms with Gasteiger partial charge in [0.25, 0.3) is 0 Å². The van der Waals surface area contributed by atoms with E-state index in [-0.39, 0.29) is 0 Å². The SMILES string of the molecule is C=C/C(N)=C\C(=C/C)c1ccc2[nH]nc(-c3cc4c(N5CCCCC5)nccc4[nH]3)c2c1. The lowest BCUT2D eigenvalue weighted by Gasteiger charge is -2.28. The van der Waals surface area contributed by atoms with Crippen molar-refractivity contribution in [1.29, 1.82) is 0 Å². The second kappa shape index (κ2) is 8.38. The van der Waals surface area contributed by atoms with Crippen molar-refractivity contribution in [2.24, 2.45) is 5.73 Å². The third-order valence-electron chi connectivity index (χ3n) is 6.20. The van der Waals surface area contributed by atoms with Crippen LogP contribution in [0, 0.1) is 0 Å². The van der Waals surface area contributed by atoms with E-state index in [1.807, 2.05) is 25.3 Å². The monoisotopic (exact) mass is 424 g/mol. The molecular weight excluding hydrogens is 396 g/mol. The number of H-pyrrole nitrogens is 2. The number of aromatic amines is 2. The molecule has 0 bridgehead atoms. The molecule has 1 aromatic carbocycles. The van der Waals surface area contributed by atoms with Gasteiger partial charge in [-0.2, -0.15) is 5.10 Å². The molecule has 3 aromatic heterocycles. The van der Waals surface area contributed by atoms with Gasteiger partial charge in [0.05, 0.1) is 16.7 Å². The second-order valence-corrected chi connectivity index (χ2v) is 8.25. The van der Waals surface area contributed by atoms with Gasteiger partial charge < -0.3 is 15.6 Å². The predicted molar refractivity (Wildman–Crippen MR) is 133 cm³/mol. The molecule has 0 atom stereocenters. The molecule has 6 nitrogen and oxygen atoms in total. The minimum atomic E-state index is 0.638. The van der Waals surface area contributed by atoms with Crippen LogP contribution < -0.4 is 10.6 Å². The topological polar surface area (TPSA) is 86.6 Å². The lowest BCUT2D eigenvalue weighted by Crippen LogP contribution is -2.30. The number of nitrogens with zero attached hydrogens (tertiary/aromatic N) is 3. The van der Waals surface area contributed by atoms with Gasteiger partial charge in [0, 0.05) is 35.8 Å². The van der Waals surface area contributed by atoms with Crippen molar-refractivity contribution in [2.45, 2.75) is 26.2 Å². The number of rotatable bonds is 5. The largest absolute Gasteiger partial charge is 0.399 e. The van der Waals surface area contributed by atoms with Gasteiger partial charge in [-0.05, 0) is 73.7 Å². The number of anilines is 1. The Hall–Kier alpha value is -3.80. The second-order valence-electron chi connectivity index (χ2n) is 8.25. The lowest BCUT2D eigenvalue weighted by molar-refractivity contribution is 0.575. The highest BCUT2D eigenvalue weighted by Crippen LogP contribution is 2.34. The van der Waals surface area contributed by atoms with E-state index < -0.39 is 0 Å². The van der Waals surface area contributed by atoms with E-state index in [1.54, 1.807) is 6.08 Å². The van der Waals surface area contributed by atoms with E-state index in [9.17, 15) is 0 Å². The van der Waals surface area contributed by atoms with E-state index in [0.717, 1.165) is 63.2 Å². The number of benzene rings is 1. The molecule has 0 aliphatic carbocycles. The Kier molecular flexibility index (Phi) is 5.27. The summed E-state index contributed by atoms with van der Waals surface area (Å²) in [7, 11) is 0. The van der Waals surface area contributed by atoms with E-state index >= 15 is 0 Å². The van der Waals surface area contributed by atoms with E-state index in [0.29, 0.717) is 5.70 Å². The van der Waals surface area contributed by atoms with Crippen LogP contribution in [0.1, 0.15) is 31.7 Å². The molecular formula is C26H28N6. The highest BCUT2D eigenvalue weighted by molar-refractivity contribution is 6.00. The van der Waals surface area contributed by atoms with Crippen molar-refractivity contribution in [3.8, 4) is 11.4 Å². The zero-order valence-electron chi connectivity index (χ0n) is 18.4. The van der Waals surface area contributed by atoms with Gasteiger partial charge in [-0.15, -0.1) is 0 Å². The lowest BCUT2D eigenvalue weighted by atomic mass is 10.0. The molecule has 4 aromatic rings. The van der Waals surface area contributed by atoms with E-state index in [4.69, 9.17) is 10.7 Å². The van der Waals surface area contributed by atoms with Crippen molar-refractivity contribution < 1.29 is 0 Å². The van der Waals surface area contributed by atoms with Crippen LogP contribution in [-0.2, 0) is 0 Å². The van der Waals surface area contributed by atoms with Crippen LogP contribution in [0.15, 0.2) is 67.0 Å². The molecule has 0 spiro atoms. The highest BCUT2D eigenvalue weighted by atomic mass is 15.2. The molecule has 1 aliphatic rings. The standard InChI is InChI=1S/C26H28N6/c1-3-17(14-19(27)4-2)18-8-9-23-20(15-18)25(31-30-23)24-16-21-22(29-24)10-11-28-26(21)32-12-6-5-7-13-32/h3-4,8-11,14-16,29H,2,5-7,12-13,27H2,1H3,(H,30,31)/b17-3+,19-14+. The maximum atomic E-state index is 5.99. The third-order valence-corrected chi connectivity index (χ3v) is 6.20. The van der Waals surface area contributed by atoms with Gasteiger partial charge in [-0.3, -0.25) is 5.10 Å². The first-order valence-corrected chi connectivity index (χ1v) is 11.2. The zero-order valence-corrected chi connectivity index (χ0v) is 18.4. The smallest absolute Gasteiger partial charge is 0.137 e. The van der Waals surface area contributed by atoms with Crippen LogP contribution >= 0.6 is 0 Å². The summed E-state index contributed by atoms with van der Waals surface area (Å²) >= 11 is 0. The molecule has 1 aliphatic heterocycles. The van der Waals surface area contributed by atoms with Gasteiger partial charge in [0.2, 0.25) is 0 Å². The van der Waals surface area contributed by atoms with E-state index in [2.05, 4.69) is 57.0 Å². The summed E-state index contributed by atoms with van der Waals surface area (Å²) in [5.74, 6) is 1.06. The molecule has 1 fully saturated rings. The number of nitrogens with one attached hydrogen (secondary N) is 2. The summed E-state index contributed by atoms with van der Waals surface area (Å²) in [5.41, 5.74) is 12.7. The number of allylic oxidation sites excluding steroid dienone is 4. The van der Waals surface area contributed by atoms with Crippen molar-refractivity contribution in [3.05, 3.63) is 72.6 Å². The minimum absolute atomic E-state index is 0.638. The normalized spacial score (nSPS) is 15.6. The van der Waals surface area contributed by atoms with Gasteiger partial charge in [0.1, 0.15) is 11.5 Å². The van der Waals surface area contributed by atoms with Crippen LogP contribution in [0.3, 0.4) is 0 Å². The molecule has 0 amide bonds. The number of aromatic nitrogens is 4. The van der Waals surface area contributed by atoms with Crippen molar-refractivity contribution in [1.82, 2.24) is 20.2 Å².